The van der Waals surface area contributed by atoms with E-state index in [9.17, 15) is 4.79 Å². The van der Waals surface area contributed by atoms with E-state index in [-0.39, 0.29) is 5.97 Å². The average molecular weight is 403 g/mol. The van der Waals surface area contributed by atoms with Crippen LogP contribution in [0.25, 0.3) is 0 Å². The van der Waals surface area contributed by atoms with E-state index in [1.165, 1.54) is 77.0 Å². The number of rotatable bonds is 18. The molecule has 0 spiro atoms. The van der Waals surface area contributed by atoms with Crippen LogP contribution in [0.15, 0.2) is 36.4 Å². The minimum Gasteiger partial charge on any atom is -0.497 e. The predicted molar refractivity (Wildman–Crippen MR) is 123 cm³/mol. The van der Waals surface area contributed by atoms with E-state index in [2.05, 4.69) is 19.1 Å². The maximum Gasteiger partial charge on any atom is 0.338 e. The van der Waals surface area contributed by atoms with E-state index in [1.54, 1.807) is 25.3 Å². The van der Waals surface area contributed by atoms with E-state index < -0.39 is 0 Å². The highest BCUT2D eigenvalue weighted by molar-refractivity contribution is 5.89. The van der Waals surface area contributed by atoms with Gasteiger partial charge in [-0.3, -0.25) is 0 Å². The topological polar surface area (TPSA) is 35.5 Å². The highest BCUT2D eigenvalue weighted by atomic mass is 16.5. The lowest BCUT2D eigenvalue weighted by Gasteiger charge is -2.06. The number of carbonyl (C=O) groups excluding carboxylic acids is 1. The summed E-state index contributed by atoms with van der Waals surface area (Å²) in [5.74, 6) is 0.411. The van der Waals surface area contributed by atoms with E-state index >= 15 is 0 Å². The van der Waals surface area contributed by atoms with E-state index in [1.807, 2.05) is 6.07 Å². The number of allylic oxidation sites excluding steroid dienone is 2. The molecule has 164 valence electrons. The van der Waals surface area contributed by atoms with E-state index in [0.717, 1.165) is 12.8 Å². The number of benzene rings is 1. The lowest BCUT2D eigenvalue weighted by molar-refractivity contribution is 0.0497. The van der Waals surface area contributed by atoms with Gasteiger partial charge in [-0.05, 0) is 50.3 Å². The summed E-state index contributed by atoms with van der Waals surface area (Å²) < 4.78 is 10.5. The molecule has 3 heteroatoms. The van der Waals surface area contributed by atoms with Crippen molar-refractivity contribution >= 4 is 5.97 Å². The first kappa shape index (κ1) is 25.3. The van der Waals surface area contributed by atoms with Crippen LogP contribution in [0.4, 0.5) is 0 Å². The monoisotopic (exact) mass is 402 g/mol. The molecule has 0 radical (unpaired) electrons. The molecule has 0 saturated heterocycles. The molecule has 1 rings (SSSR count). The van der Waals surface area contributed by atoms with Crippen LogP contribution in [-0.4, -0.2) is 19.7 Å². The van der Waals surface area contributed by atoms with Crippen molar-refractivity contribution in [1.82, 2.24) is 0 Å². The Labute approximate surface area is 178 Å². The Morgan fingerprint density at radius 1 is 0.828 bits per heavy atom. The Morgan fingerprint density at radius 2 is 1.41 bits per heavy atom. The van der Waals surface area contributed by atoms with Crippen LogP contribution in [0.1, 0.15) is 107 Å². The number of hydrogen-bond donors (Lipinski definition) is 0. The molecule has 0 fully saturated rings. The Bertz CT molecular complexity index is 551. The molecule has 0 saturated carbocycles. The second-order valence-electron chi connectivity index (χ2n) is 7.81. The third-order valence-corrected chi connectivity index (χ3v) is 5.19. The molecule has 0 heterocycles. The Hall–Kier alpha value is -1.77. The first-order valence-corrected chi connectivity index (χ1v) is 11.7. The van der Waals surface area contributed by atoms with Crippen LogP contribution >= 0.6 is 0 Å². The summed E-state index contributed by atoms with van der Waals surface area (Å²) >= 11 is 0. The highest BCUT2D eigenvalue weighted by Crippen LogP contribution is 2.14. The molecule has 3 nitrogen and oxygen atoms in total. The van der Waals surface area contributed by atoms with E-state index in [4.69, 9.17) is 9.47 Å². The van der Waals surface area contributed by atoms with Gasteiger partial charge < -0.3 is 9.47 Å². The summed E-state index contributed by atoms with van der Waals surface area (Å²) in [5.41, 5.74) is 0.550. The van der Waals surface area contributed by atoms with Crippen LogP contribution in [0.5, 0.6) is 5.75 Å². The van der Waals surface area contributed by atoms with Crippen molar-refractivity contribution in [3.8, 4) is 5.75 Å². The van der Waals surface area contributed by atoms with Gasteiger partial charge in [-0.15, -0.1) is 0 Å². The number of unbranched alkanes of at least 4 members (excludes halogenated alkanes) is 12. The van der Waals surface area contributed by atoms with Gasteiger partial charge in [0.25, 0.3) is 0 Å². The average Bonchev–Trinajstić information content (AvgIpc) is 2.75. The predicted octanol–water partition coefficient (Wildman–Crippen LogP) is 7.89. The molecule has 0 unspecified atom stereocenters. The summed E-state index contributed by atoms with van der Waals surface area (Å²) in [5, 5.41) is 0. The van der Waals surface area contributed by atoms with Gasteiger partial charge in [0.2, 0.25) is 0 Å². The summed E-state index contributed by atoms with van der Waals surface area (Å²) in [4.78, 5) is 12.0. The molecule has 0 aliphatic heterocycles. The van der Waals surface area contributed by atoms with Crippen molar-refractivity contribution in [3.63, 3.8) is 0 Å². The van der Waals surface area contributed by atoms with Gasteiger partial charge in [0.1, 0.15) is 5.75 Å². The molecule has 0 amide bonds. The maximum atomic E-state index is 12.0. The number of methoxy groups -OCH3 is 1. The Morgan fingerprint density at radius 3 is 2.03 bits per heavy atom. The minimum absolute atomic E-state index is 0.267. The van der Waals surface area contributed by atoms with Crippen molar-refractivity contribution in [3.05, 3.63) is 42.0 Å². The van der Waals surface area contributed by atoms with Gasteiger partial charge in [0, 0.05) is 0 Å². The van der Waals surface area contributed by atoms with Gasteiger partial charge in [-0.2, -0.15) is 0 Å². The molecule has 29 heavy (non-hydrogen) atoms. The lowest BCUT2D eigenvalue weighted by Crippen LogP contribution is -2.06. The zero-order valence-corrected chi connectivity index (χ0v) is 18.8. The minimum atomic E-state index is -0.267. The zero-order chi connectivity index (χ0) is 21.0. The molecular weight excluding hydrogens is 360 g/mol. The fourth-order valence-electron chi connectivity index (χ4n) is 3.35. The first-order chi connectivity index (χ1) is 14.3. The molecular formula is C26H42O3. The molecule has 0 aliphatic rings. The lowest BCUT2D eigenvalue weighted by atomic mass is 10.1. The van der Waals surface area contributed by atoms with Gasteiger partial charge >= 0.3 is 5.97 Å². The fraction of sp³-hybridized carbons (Fsp3) is 0.654. The van der Waals surface area contributed by atoms with Crippen molar-refractivity contribution < 1.29 is 14.3 Å². The van der Waals surface area contributed by atoms with Crippen LogP contribution < -0.4 is 4.74 Å². The van der Waals surface area contributed by atoms with Crippen molar-refractivity contribution in [1.29, 1.82) is 0 Å². The second kappa shape index (κ2) is 18.3. The highest BCUT2D eigenvalue weighted by Gasteiger charge is 2.07. The van der Waals surface area contributed by atoms with Crippen molar-refractivity contribution in [2.75, 3.05) is 13.7 Å². The second-order valence-corrected chi connectivity index (χ2v) is 7.81. The van der Waals surface area contributed by atoms with Crippen molar-refractivity contribution in [2.45, 2.75) is 96.8 Å². The molecule has 0 aliphatic carbocycles. The van der Waals surface area contributed by atoms with E-state index in [0.29, 0.717) is 17.9 Å². The van der Waals surface area contributed by atoms with Gasteiger partial charge in [-0.25, -0.2) is 4.79 Å². The normalized spacial score (nSPS) is 11.1. The standard InChI is InChI=1S/C26H42O3/c1-3-4-5-6-7-8-9-10-11-12-13-14-15-16-17-18-22-29-26(27)24-20-19-21-25(23-24)28-2/h10-11,19-21,23H,3-9,12-18,22H2,1-2H3/b11-10-. The molecule has 0 bridgehead atoms. The quantitative estimate of drug-likeness (QED) is 0.142. The van der Waals surface area contributed by atoms with Crippen LogP contribution in [0.2, 0.25) is 0 Å². The summed E-state index contributed by atoms with van der Waals surface area (Å²) in [6.45, 7) is 2.77. The Balaban J connectivity index is 1.87. The zero-order valence-electron chi connectivity index (χ0n) is 18.8. The van der Waals surface area contributed by atoms with Crippen LogP contribution in [-0.2, 0) is 4.74 Å². The number of ether oxygens (including phenoxy) is 2. The van der Waals surface area contributed by atoms with Crippen LogP contribution in [0.3, 0.4) is 0 Å². The van der Waals surface area contributed by atoms with Gasteiger partial charge in [0.05, 0.1) is 19.3 Å². The summed E-state index contributed by atoms with van der Waals surface area (Å²) in [7, 11) is 1.59. The molecule has 0 aromatic heterocycles. The SMILES string of the molecule is CCCCCCCC/C=C\CCCCCCCCOC(=O)c1cccc(OC)c1. The smallest absolute Gasteiger partial charge is 0.338 e. The summed E-state index contributed by atoms with van der Waals surface area (Å²) in [6, 6.07) is 7.10. The fourth-order valence-corrected chi connectivity index (χ4v) is 3.35. The molecule has 1 aromatic rings. The number of hydrogen-bond acceptors (Lipinski definition) is 3. The number of esters is 1. The van der Waals surface area contributed by atoms with Crippen LogP contribution in [0, 0.1) is 0 Å². The summed E-state index contributed by atoms with van der Waals surface area (Å²) in [6.07, 6.45) is 22.6. The number of carbonyl (C=O) groups is 1. The largest absolute Gasteiger partial charge is 0.497 e. The molecule has 1 aromatic carbocycles. The first-order valence-electron chi connectivity index (χ1n) is 11.7. The maximum absolute atomic E-state index is 12.0. The third-order valence-electron chi connectivity index (χ3n) is 5.19. The van der Waals surface area contributed by atoms with Gasteiger partial charge in [0.15, 0.2) is 0 Å². The Kier molecular flexibility index (Phi) is 15.9. The third kappa shape index (κ3) is 13.9. The van der Waals surface area contributed by atoms with Crippen molar-refractivity contribution in [2.24, 2.45) is 0 Å². The molecule has 0 N–H and O–H groups in total. The molecule has 0 atom stereocenters. The van der Waals surface area contributed by atoms with Gasteiger partial charge in [-0.1, -0.05) is 82.9 Å².